The second kappa shape index (κ2) is 5.47. The van der Waals surface area contributed by atoms with Crippen molar-refractivity contribution in [2.45, 2.75) is 22.6 Å². The minimum Gasteiger partial charge on any atom is -0.480 e. The molecule has 1 aliphatic rings. The van der Waals surface area contributed by atoms with Gasteiger partial charge in [0.25, 0.3) is 0 Å². The Balaban J connectivity index is 2.24. The smallest absolute Gasteiger partial charge is 0.320 e. The predicted molar refractivity (Wildman–Crippen MR) is 67.5 cm³/mol. The molecule has 0 amide bonds. The van der Waals surface area contributed by atoms with Crippen LogP contribution in [0.25, 0.3) is 0 Å². The molecule has 2 rings (SSSR count). The second-order valence-corrected chi connectivity index (χ2v) is 6.81. The summed E-state index contributed by atoms with van der Waals surface area (Å²) in [6.07, 6.45) is -0.0703. The summed E-state index contributed by atoms with van der Waals surface area (Å²) in [4.78, 5) is 10.2. The van der Waals surface area contributed by atoms with Crippen LogP contribution >= 0.6 is 0 Å². The number of hydrogen-bond donors (Lipinski definition) is 2. The van der Waals surface area contributed by atoms with Gasteiger partial charge in [-0.15, -0.1) is 0 Å². The van der Waals surface area contributed by atoms with Gasteiger partial charge in [-0.25, -0.2) is 12.8 Å². The molecule has 1 aromatic rings. The third-order valence-electron chi connectivity index (χ3n) is 3.12. The van der Waals surface area contributed by atoms with E-state index in [2.05, 4.69) is 0 Å². The lowest BCUT2D eigenvalue weighted by molar-refractivity contribution is -0.138. The van der Waals surface area contributed by atoms with E-state index < -0.39 is 37.8 Å². The average molecular weight is 303 g/mol. The molecule has 1 aromatic carbocycles. The zero-order valence-electron chi connectivity index (χ0n) is 10.5. The molecule has 1 atom stereocenters. The number of carbonyl (C=O) groups is 1. The number of sulfone groups is 1. The van der Waals surface area contributed by atoms with Gasteiger partial charge in [-0.3, -0.25) is 4.79 Å². The van der Waals surface area contributed by atoms with E-state index in [1.807, 2.05) is 0 Å². The van der Waals surface area contributed by atoms with E-state index in [9.17, 15) is 17.6 Å². The SMILES string of the molecule is NC(Cc1ccc(S(=O)(=O)C2COC2)c(F)c1)C(=O)O. The number of nitrogens with two attached hydrogens (primary N) is 1. The Morgan fingerprint density at radius 2 is 2.15 bits per heavy atom. The van der Waals surface area contributed by atoms with E-state index in [0.717, 1.165) is 12.1 Å². The topological polar surface area (TPSA) is 107 Å². The zero-order chi connectivity index (χ0) is 14.9. The van der Waals surface area contributed by atoms with Crippen LogP contribution in [-0.4, -0.2) is 44.0 Å². The van der Waals surface area contributed by atoms with Crippen molar-refractivity contribution in [1.29, 1.82) is 0 Å². The van der Waals surface area contributed by atoms with E-state index in [0.29, 0.717) is 5.56 Å². The van der Waals surface area contributed by atoms with Crippen molar-refractivity contribution < 1.29 is 27.4 Å². The molecule has 1 heterocycles. The van der Waals surface area contributed by atoms with Crippen molar-refractivity contribution in [3.8, 4) is 0 Å². The van der Waals surface area contributed by atoms with Gasteiger partial charge >= 0.3 is 5.97 Å². The molecule has 1 unspecified atom stereocenters. The largest absolute Gasteiger partial charge is 0.480 e. The summed E-state index contributed by atoms with van der Waals surface area (Å²) in [6, 6.07) is 2.37. The molecule has 8 heteroatoms. The fourth-order valence-corrected chi connectivity index (χ4v) is 3.31. The van der Waals surface area contributed by atoms with Gasteiger partial charge in [0, 0.05) is 0 Å². The molecule has 1 saturated heterocycles. The lowest BCUT2D eigenvalue weighted by atomic mass is 10.1. The molecular weight excluding hydrogens is 289 g/mol. The van der Waals surface area contributed by atoms with E-state index in [1.54, 1.807) is 0 Å². The first-order valence-electron chi connectivity index (χ1n) is 5.91. The molecule has 0 saturated carbocycles. The monoisotopic (exact) mass is 303 g/mol. The first-order valence-corrected chi connectivity index (χ1v) is 7.45. The molecule has 0 aromatic heterocycles. The molecule has 20 heavy (non-hydrogen) atoms. The minimum absolute atomic E-state index is 0.0629. The summed E-state index contributed by atoms with van der Waals surface area (Å²) in [5.74, 6) is -2.10. The number of aliphatic carboxylic acids is 1. The molecule has 1 fully saturated rings. The Morgan fingerprint density at radius 3 is 2.60 bits per heavy atom. The van der Waals surface area contributed by atoms with Gasteiger partial charge in [-0.2, -0.15) is 0 Å². The minimum atomic E-state index is -3.74. The Hall–Kier alpha value is -1.51. The van der Waals surface area contributed by atoms with Crippen molar-refractivity contribution in [2.24, 2.45) is 5.73 Å². The maximum Gasteiger partial charge on any atom is 0.320 e. The number of ether oxygens (including phenoxy) is 1. The lowest BCUT2D eigenvalue weighted by Crippen LogP contribution is -2.41. The second-order valence-electron chi connectivity index (χ2n) is 4.62. The van der Waals surface area contributed by atoms with Gasteiger partial charge in [0.2, 0.25) is 0 Å². The number of rotatable bonds is 5. The Bertz CT molecular complexity index is 627. The van der Waals surface area contributed by atoms with Crippen LogP contribution in [0.3, 0.4) is 0 Å². The Morgan fingerprint density at radius 1 is 1.50 bits per heavy atom. The van der Waals surface area contributed by atoms with Gasteiger partial charge in [0.15, 0.2) is 9.84 Å². The van der Waals surface area contributed by atoms with E-state index in [1.165, 1.54) is 6.07 Å². The van der Waals surface area contributed by atoms with Crippen LogP contribution < -0.4 is 5.73 Å². The number of benzene rings is 1. The Labute approximate surface area is 115 Å². The van der Waals surface area contributed by atoms with Crippen molar-refractivity contribution in [1.82, 2.24) is 0 Å². The van der Waals surface area contributed by atoms with E-state index >= 15 is 0 Å². The summed E-state index contributed by atoms with van der Waals surface area (Å²) in [7, 11) is -3.74. The lowest BCUT2D eigenvalue weighted by Gasteiger charge is -2.25. The Kier molecular flexibility index (Phi) is 4.07. The maximum absolute atomic E-state index is 13.9. The third kappa shape index (κ3) is 2.82. The highest BCUT2D eigenvalue weighted by Crippen LogP contribution is 2.24. The molecule has 0 bridgehead atoms. The summed E-state index contributed by atoms with van der Waals surface area (Å²) < 4.78 is 42.8. The fourth-order valence-electron chi connectivity index (χ4n) is 1.82. The number of carboxylic acid groups (broad SMARTS) is 1. The van der Waals surface area contributed by atoms with Gasteiger partial charge < -0.3 is 15.6 Å². The highest BCUT2D eigenvalue weighted by atomic mass is 32.2. The van der Waals surface area contributed by atoms with Crippen molar-refractivity contribution in [2.75, 3.05) is 13.2 Å². The van der Waals surface area contributed by atoms with Crippen LogP contribution in [0.4, 0.5) is 4.39 Å². The highest BCUT2D eigenvalue weighted by molar-refractivity contribution is 7.92. The highest BCUT2D eigenvalue weighted by Gasteiger charge is 2.35. The van der Waals surface area contributed by atoms with Gasteiger partial charge in [-0.05, 0) is 24.1 Å². The van der Waals surface area contributed by atoms with E-state index in [4.69, 9.17) is 15.6 Å². The molecule has 0 aliphatic carbocycles. The normalized spacial score (nSPS) is 17.5. The van der Waals surface area contributed by atoms with Crippen molar-refractivity contribution >= 4 is 15.8 Å². The quantitative estimate of drug-likeness (QED) is 0.790. The molecule has 110 valence electrons. The van der Waals surface area contributed by atoms with Crippen LogP contribution in [0.2, 0.25) is 0 Å². The standard InChI is InChI=1S/C12H14FNO5S/c13-9-3-7(4-10(14)12(15)16)1-2-11(9)20(17,18)8-5-19-6-8/h1-3,8,10H,4-6,14H2,(H,15,16). The van der Waals surface area contributed by atoms with Crippen LogP contribution in [0, 0.1) is 5.82 Å². The summed E-state index contributed by atoms with van der Waals surface area (Å²) in [6.45, 7) is 0.126. The number of carboxylic acids is 1. The molecule has 1 aliphatic heterocycles. The van der Waals surface area contributed by atoms with E-state index in [-0.39, 0.29) is 19.6 Å². The van der Waals surface area contributed by atoms with Gasteiger partial charge in [-0.1, -0.05) is 6.07 Å². The molecule has 0 spiro atoms. The zero-order valence-corrected chi connectivity index (χ0v) is 11.3. The summed E-state index contributed by atoms with van der Waals surface area (Å²) in [5.41, 5.74) is 5.68. The maximum atomic E-state index is 13.9. The summed E-state index contributed by atoms with van der Waals surface area (Å²) in [5, 5.41) is 7.96. The molecule has 0 radical (unpaired) electrons. The predicted octanol–water partition coefficient (Wildman–Crippen LogP) is -0.0474. The average Bonchev–Trinajstić information content (AvgIpc) is 2.25. The number of hydrogen-bond acceptors (Lipinski definition) is 5. The van der Waals surface area contributed by atoms with Crippen LogP contribution in [0.5, 0.6) is 0 Å². The van der Waals surface area contributed by atoms with Crippen molar-refractivity contribution in [3.05, 3.63) is 29.6 Å². The van der Waals surface area contributed by atoms with Crippen molar-refractivity contribution in [3.63, 3.8) is 0 Å². The molecule has 6 nitrogen and oxygen atoms in total. The van der Waals surface area contributed by atoms with Crippen LogP contribution in [0.1, 0.15) is 5.56 Å². The number of halogens is 1. The first kappa shape index (κ1) is 14.9. The molecule has 3 N–H and O–H groups in total. The van der Waals surface area contributed by atoms with Gasteiger partial charge in [0.1, 0.15) is 22.0 Å². The van der Waals surface area contributed by atoms with Crippen LogP contribution in [0.15, 0.2) is 23.1 Å². The first-order chi connectivity index (χ1) is 9.32. The van der Waals surface area contributed by atoms with Crippen LogP contribution in [-0.2, 0) is 25.8 Å². The fraction of sp³-hybridized carbons (Fsp3) is 0.417. The third-order valence-corrected chi connectivity index (χ3v) is 5.22. The van der Waals surface area contributed by atoms with Gasteiger partial charge in [0.05, 0.1) is 13.2 Å². The molecular formula is C12H14FNO5S. The summed E-state index contributed by atoms with van der Waals surface area (Å²) >= 11 is 0.